The number of nitrogens with two attached hydrogens (primary N) is 2. The van der Waals surface area contributed by atoms with E-state index in [1.165, 1.54) is 44.4 Å². The van der Waals surface area contributed by atoms with Crippen molar-refractivity contribution in [2.75, 3.05) is 20.2 Å². The van der Waals surface area contributed by atoms with E-state index in [9.17, 15) is 75.7 Å². The first kappa shape index (κ1) is 94.2. The van der Waals surface area contributed by atoms with Crippen LogP contribution in [0, 0.1) is 5.92 Å². The van der Waals surface area contributed by atoms with E-state index in [4.69, 9.17) is 84.2 Å². The molecule has 3 saturated heterocycles. The van der Waals surface area contributed by atoms with Gasteiger partial charge in [0.05, 0.1) is 41.3 Å². The molecule has 7 amide bonds. The van der Waals surface area contributed by atoms with Crippen molar-refractivity contribution in [1.82, 2.24) is 42.5 Å². The van der Waals surface area contributed by atoms with Crippen LogP contribution in [0.15, 0.2) is 115 Å². The van der Waals surface area contributed by atoms with Gasteiger partial charge in [0.2, 0.25) is 53.4 Å². The second-order valence-corrected chi connectivity index (χ2v) is 34.6. The topological polar surface area (TPSA) is 601 Å². The number of aliphatic hydroxyl groups excluding tert-OH is 8. The summed E-state index contributed by atoms with van der Waals surface area (Å²) >= 11 is 22.0. The van der Waals surface area contributed by atoms with Gasteiger partial charge < -0.3 is 153 Å². The van der Waals surface area contributed by atoms with Gasteiger partial charge in [-0.05, 0) is 146 Å². The Morgan fingerprint density at radius 3 is 1.94 bits per heavy atom. The molecule has 9 heterocycles. The van der Waals surface area contributed by atoms with Crippen LogP contribution in [0.1, 0.15) is 120 Å². The molecule has 0 saturated carbocycles. The smallest absolute Gasteiger partial charge is 0.330 e. The first-order valence-electron chi connectivity index (χ1n) is 40.1. The molecule has 38 nitrogen and oxygen atoms in total. The van der Waals surface area contributed by atoms with E-state index in [2.05, 4.69) is 42.5 Å². The molecule has 24 N–H and O–H groups in total. The minimum absolute atomic E-state index is 0.130. The number of phenols is 3. The molecule has 680 valence electrons. The number of hydrogen-bond acceptors (Lipinski definition) is 31. The van der Waals surface area contributed by atoms with Crippen molar-refractivity contribution in [3.8, 4) is 57.1 Å². The maximum Gasteiger partial charge on any atom is 0.330 e. The number of rotatable bonds is 21. The molecule has 8 aliphatic heterocycles. The van der Waals surface area contributed by atoms with Gasteiger partial charge in [-0.25, -0.2) is 4.79 Å². The number of fused-ring (bicyclic) bond motifs is 15. The number of carbonyl (C=O) groups excluding carboxylic acids is 7. The number of halogens is 3. The summed E-state index contributed by atoms with van der Waals surface area (Å²) in [6.45, 7) is 5.50. The van der Waals surface area contributed by atoms with Gasteiger partial charge in [-0.2, -0.15) is 0 Å². The molecule has 1 aromatic heterocycles. The zero-order valence-electron chi connectivity index (χ0n) is 68.2. The third-order valence-electron chi connectivity index (χ3n) is 22.3. The van der Waals surface area contributed by atoms with Crippen LogP contribution in [-0.4, -0.2) is 238 Å². The van der Waals surface area contributed by atoms with Crippen molar-refractivity contribution in [2.24, 2.45) is 17.4 Å². The fourth-order valence-electron chi connectivity index (χ4n) is 15.7. The third kappa shape index (κ3) is 21.1. The van der Waals surface area contributed by atoms with Gasteiger partial charge in [-0.3, -0.25) is 33.6 Å². The molecule has 42 heteroatoms. The molecule has 0 aliphatic carbocycles. The number of amides is 7. The lowest BCUT2D eigenvalue weighted by molar-refractivity contribution is -0.350. The fraction of sp³-hybridized carbons (Fsp3) is 0.412. The number of hydrogen-bond donors (Lipinski definition) is 22. The Bertz CT molecular complexity index is 5320. The number of carbonyl (C=O) groups is 8. The molecule has 11 bridgehead atoms. The number of benzene rings is 6. The second kappa shape index (κ2) is 39.7. The number of phenolic OH excluding ortho intramolecular Hbond substituents is 3. The number of aliphatic hydroxyl groups is 8. The van der Waals surface area contributed by atoms with Gasteiger partial charge in [0.25, 0.3) is 0 Å². The number of carboxylic acids is 1. The van der Waals surface area contributed by atoms with Crippen molar-refractivity contribution >= 4 is 106 Å². The van der Waals surface area contributed by atoms with Gasteiger partial charge in [-0.15, -0.1) is 11.3 Å². The van der Waals surface area contributed by atoms with E-state index in [-0.39, 0.29) is 43.0 Å². The van der Waals surface area contributed by atoms with E-state index >= 15 is 24.0 Å². The lowest BCUT2D eigenvalue weighted by atomic mass is 9.86. The van der Waals surface area contributed by atoms with Crippen molar-refractivity contribution in [3.63, 3.8) is 0 Å². The monoisotopic (exact) mass is 1840 g/mol. The summed E-state index contributed by atoms with van der Waals surface area (Å²) in [7, 11) is 1.46. The Morgan fingerprint density at radius 2 is 1.30 bits per heavy atom. The third-order valence-corrected chi connectivity index (χ3v) is 24.2. The van der Waals surface area contributed by atoms with Crippen molar-refractivity contribution in [1.29, 1.82) is 0 Å². The van der Waals surface area contributed by atoms with E-state index in [0.29, 0.717) is 5.02 Å². The van der Waals surface area contributed by atoms with Crippen LogP contribution in [-0.2, 0) is 68.6 Å². The first-order chi connectivity index (χ1) is 60.3. The van der Waals surface area contributed by atoms with Gasteiger partial charge >= 0.3 is 5.97 Å². The van der Waals surface area contributed by atoms with Gasteiger partial charge in [0, 0.05) is 62.6 Å². The van der Waals surface area contributed by atoms with Crippen LogP contribution >= 0.6 is 46.1 Å². The molecular formula is C85H95Cl3N10O28S. The normalized spacial score (nSPS) is 29.6. The average Bonchev–Trinajstić information content (AvgIpc) is 1.23. The van der Waals surface area contributed by atoms with Crippen LogP contribution in [0.25, 0.3) is 23.3 Å². The number of aromatic hydroxyl groups is 3. The predicted octanol–water partition coefficient (Wildman–Crippen LogP) is 2.61. The quantitative estimate of drug-likeness (QED) is 0.0491. The molecule has 23 atom stereocenters. The average molecular weight is 1840 g/mol. The fourth-order valence-corrected chi connectivity index (χ4v) is 17.1. The molecular weight excluding hydrogens is 1750 g/mol. The number of ether oxygens (including phenoxy) is 8. The summed E-state index contributed by atoms with van der Waals surface area (Å²) in [5, 5.41) is 160. The maximum atomic E-state index is 16.4. The number of carboxylic acid groups (broad SMARTS) is 1. The predicted molar refractivity (Wildman–Crippen MR) is 451 cm³/mol. The summed E-state index contributed by atoms with van der Waals surface area (Å²) in [5.74, 6) is -16.7. The molecule has 15 rings (SSSR count). The molecule has 3 fully saturated rings. The highest BCUT2D eigenvalue weighted by Gasteiger charge is 2.53. The van der Waals surface area contributed by atoms with E-state index in [1.54, 1.807) is 26.0 Å². The summed E-state index contributed by atoms with van der Waals surface area (Å²) in [6.07, 6.45) is -25.3. The Kier molecular flexibility index (Phi) is 29.4. The summed E-state index contributed by atoms with van der Waals surface area (Å²) in [6, 6.07) is 10.0. The zero-order valence-corrected chi connectivity index (χ0v) is 71.3. The highest BCUT2D eigenvalue weighted by atomic mass is 35.5. The zero-order chi connectivity index (χ0) is 91.6. The van der Waals surface area contributed by atoms with Crippen molar-refractivity contribution < 1.29 is 138 Å². The summed E-state index contributed by atoms with van der Waals surface area (Å²) in [5.41, 5.74) is 8.91. The van der Waals surface area contributed by atoms with E-state index < -0.39 is 284 Å². The molecule has 0 radical (unpaired) electrons. The molecule has 127 heavy (non-hydrogen) atoms. The molecule has 7 aromatic rings. The SMILES string of the molecule is CN[C@H](CC(C)C)C(=O)NC1C(=O)N[C@@H](CC(N)=O)C(=O)N[C@H]2C(=O)N[C@H]3C(=O)N[C@H](C(=O)N[C@@H](C(=O)O)c4cc(O)cc(O)c4-c4cc3ccc4O)[C@H](O[C@H]3C[C@](C)(N)[C@@H](O)[C@H](C)O3)c3ccc(c(Cl)c3)Oc3cc2cc(c3O[C@@H]2O[C@H](CO)[C@@H](O[C@@H]3O[C@H](CNCc4ccc(C=Cc5ccc(Cl)cc5)s4)[C@H](O)[C@H](O)[C@H]3O)[C@H](O)[C@H]2O)Oc2ccc(cc2Cl)[C@H]1O. The minimum atomic E-state index is -2.43. The number of nitrogens with one attached hydrogen (secondary N) is 8. The standard InChI is InChI=1S/C85H95Cl3N10O28S/c1-33(2)20-48(91-5)76(111)97-64-66(104)37-10-18-52(46(87)22-37)120-54-24-39-25-55(73(54)125-84-71(109)69(107)74(57(32-99)123-84)126-83-70(108)68(106)67(105)56(122-83)31-92-30-43-16-15-42(127-43)14-8-35-6-12-40(86)13-7-35)121-53-19-11-38(23-47(53)88)72(124-59-29-85(4,90)75(110)34(3)119-59)65-81(116)96-63(82(117)118)45-26-41(100)27-51(102)60(45)44-21-36(9-17-50(44)101)61(78(113)98-65)95-79(114)62(39)94-77(112)49(28-58(89)103)93-80(64)115/h6-19,21-27,33-34,48-49,56-57,59,61-72,74-75,83-84,91-92,99-102,104-110H,20,28-32,90H2,1-5H3,(H2,89,103)(H,93,115)(H,94,112)(H,95,114)(H,96,116)(H,97,111)(H,98,113)(H,117,118)/t34-,48+,49-,56+,57+,59-,61+,62+,63+,64?,65-,66+,67-,68-,69+,70+,71+,72+,74+,75-,83-,84-,85-/m0/s1. The maximum absolute atomic E-state index is 16.4. The van der Waals surface area contributed by atoms with Crippen molar-refractivity contribution in [3.05, 3.63) is 173 Å². The van der Waals surface area contributed by atoms with Gasteiger partial charge in [0.1, 0.15) is 120 Å². The van der Waals surface area contributed by atoms with Gasteiger partial charge in [0.15, 0.2) is 30.1 Å². The summed E-state index contributed by atoms with van der Waals surface area (Å²) < 4.78 is 51.3. The lowest BCUT2D eigenvalue weighted by Crippen LogP contribution is -2.65. The summed E-state index contributed by atoms with van der Waals surface area (Å²) in [4.78, 5) is 122. The largest absolute Gasteiger partial charge is 0.508 e. The van der Waals surface area contributed by atoms with Crippen LogP contribution in [0.2, 0.25) is 15.1 Å². The minimum Gasteiger partial charge on any atom is -0.508 e. The number of thiophene rings is 1. The van der Waals surface area contributed by atoms with Crippen molar-refractivity contribution in [2.45, 2.75) is 193 Å². The Labute approximate surface area is 743 Å². The Hall–Kier alpha value is -10.5. The Morgan fingerprint density at radius 1 is 0.661 bits per heavy atom. The Balaban J connectivity index is 0.954. The highest BCUT2D eigenvalue weighted by Crippen LogP contribution is 2.50. The second-order valence-electron chi connectivity index (χ2n) is 32.2. The molecule has 1 unspecified atom stereocenters. The van der Waals surface area contributed by atoms with Gasteiger partial charge in [-0.1, -0.05) is 85.1 Å². The van der Waals surface area contributed by atoms with Crippen LogP contribution in [0.4, 0.5) is 0 Å². The molecule has 6 aromatic carbocycles. The van der Waals surface area contributed by atoms with E-state index in [0.717, 1.165) is 82.0 Å². The molecule has 0 spiro atoms. The highest BCUT2D eigenvalue weighted by molar-refractivity contribution is 7.12. The molecule has 8 aliphatic rings. The van der Waals surface area contributed by atoms with Crippen LogP contribution < -0.4 is 68.2 Å². The van der Waals surface area contributed by atoms with Crippen LogP contribution in [0.5, 0.6) is 46.0 Å². The number of likely N-dealkylation sites (N-methyl/N-ethyl adjacent to an activating group) is 1. The van der Waals surface area contributed by atoms with E-state index in [1.807, 2.05) is 36.4 Å². The lowest BCUT2D eigenvalue weighted by Gasteiger charge is -2.46. The number of aliphatic carboxylic acids is 1. The van der Waals surface area contributed by atoms with Crippen LogP contribution in [0.3, 0.4) is 0 Å². The number of primary amides is 1. The first-order valence-corrected chi connectivity index (χ1v) is 42.1.